The van der Waals surface area contributed by atoms with Gasteiger partial charge < -0.3 is 0 Å². The van der Waals surface area contributed by atoms with Gasteiger partial charge in [0.25, 0.3) is 0 Å². The van der Waals surface area contributed by atoms with Gasteiger partial charge in [0.05, 0.1) is 8.80 Å². The summed E-state index contributed by atoms with van der Waals surface area (Å²) in [7, 11) is -0.404. The van der Waals surface area contributed by atoms with E-state index in [1.165, 1.54) is 0 Å². The molecule has 0 aromatic rings. The summed E-state index contributed by atoms with van der Waals surface area (Å²) in [5, 5.41) is 1.61. The zero-order valence-corrected chi connectivity index (χ0v) is 6.81. The second-order valence-corrected chi connectivity index (χ2v) is 5.41. The van der Waals surface area contributed by atoms with E-state index in [9.17, 15) is 0 Å². The van der Waals surface area contributed by atoms with Crippen molar-refractivity contribution in [2.75, 3.05) is 0 Å². The summed E-state index contributed by atoms with van der Waals surface area (Å²) >= 11 is 0. The molecule has 0 rings (SSSR count). The maximum absolute atomic E-state index is 2.34. The van der Waals surface area contributed by atoms with Crippen molar-refractivity contribution in [3.05, 3.63) is 11.3 Å². The molecule has 0 aliphatic carbocycles. The largest absolute Gasteiger partial charge is 0.0929 e. The third-order valence-electron chi connectivity index (χ3n) is 1.37. The van der Waals surface area contributed by atoms with Gasteiger partial charge in [-0.1, -0.05) is 24.4 Å². The highest BCUT2D eigenvalue weighted by atomic mass is 28.3. The lowest BCUT2D eigenvalue weighted by atomic mass is 10.6. The Bertz CT molecular complexity index is 72.2. The Kier molecular flexibility index (Phi) is 3.01. The quantitative estimate of drug-likeness (QED) is 0.457. The predicted molar refractivity (Wildman–Crippen MR) is 38.3 cm³/mol. The summed E-state index contributed by atoms with van der Waals surface area (Å²) in [6.07, 6.45) is 2.22. The molecular weight excluding hydrogens is 100 g/mol. The van der Waals surface area contributed by atoms with Crippen LogP contribution in [0.2, 0.25) is 13.1 Å². The van der Waals surface area contributed by atoms with Crippen molar-refractivity contribution in [3.63, 3.8) is 0 Å². The van der Waals surface area contributed by atoms with Gasteiger partial charge in [-0.2, -0.15) is 0 Å². The van der Waals surface area contributed by atoms with Crippen molar-refractivity contribution in [1.82, 2.24) is 0 Å². The minimum absolute atomic E-state index is 0.404. The van der Waals surface area contributed by atoms with Gasteiger partial charge in [0.15, 0.2) is 0 Å². The van der Waals surface area contributed by atoms with Crippen molar-refractivity contribution in [2.24, 2.45) is 0 Å². The van der Waals surface area contributed by atoms with Crippen molar-refractivity contribution in [2.45, 2.75) is 26.9 Å². The Balaban J connectivity index is 3.56. The highest BCUT2D eigenvalue weighted by Gasteiger charge is 1.92. The summed E-state index contributed by atoms with van der Waals surface area (Å²) in [5.74, 6) is 0. The molecule has 1 heteroatoms. The van der Waals surface area contributed by atoms with Crippen LogP contribution >= 0.6 is 0 Å². The Morgan fingerprint density at radius 3 is 1.86 bits per heavy atom. The first-order valence-corrected chi connectivity index (χ1v) is 5.70. The van der Waals surface area contributed by atoms with Crippen molar-refractivity contribution in [3.8, 4) is 0 Å². The molecule has 0 atom stereocenters. The van der Waals surface area contributed by atoms with E-state index in [2.05, 4.69) is 33.0 Å². The SMILES string of the molecule is C/C=C(/C)[SiH](C)C. The van der Waals surface area contributed by atoms with Crippen LogP contribution in [-0.4, -0.2) is 8.80 Å². The average molecular weight is 114 g/mol. The van der Waals surface area contributed by atoms with Gasteiger partial charge in [0.2, 0.25) is 0 Å². The van der Waals surface area contributed by atoms with E-state index >= 15 is 0 Å². The van der Waals surface area contributed by atoms with Crippen LogP contribution < -0.4 is 0 Å². The summed E-state index contributed by atoms with van der Waals surface area (Å²) in [4.78, 5) is 0. The maximum Gasteiger partial charge on any atom is 0.0587 e. The first-order chi connectivity index (χ1) is 3.18. The zero-order chi connectivity index (χ0) is 5.86. The van der Waals surface area contributed by atoms with E-state index in [1.807, 2.05) is 0 Å². The lowest BCUT2D eigenvalue weighted by Gasteiger charge is -1.98. The molecule has 0 aliphatic heterocycles. The van der Waals surface area contributed by atoms with Gasteiger partial charge >= 0.3 is 0 Å². The number of hydrogen-bond acceptors (Lipinski definition) is 0. The van der Waals surface area contributed by atoms with Gasteiger partial charge in [-0.05, 0) is 13.8 Å². The van der Waals surface area contributed by atoms with E-state index in [-0.39, 0.29) is 0 Å². The Morgan fingerprint density at radius 2 is 1.86 bits per heavy atom. The monoisotopic (exact) mass is 114 g/mol. The Labute approximate surface area is 47.9 Å². The van der Waals surface area contributed by atoms with Gasteiger partial charge in [0, 0.05) is 0 Å². The minimum atomic E-state index is -0.404. The van der Waals surface area contributed by atoms with Crippen LogP contribution in [0.4, 0.5) is 0 Å². The lowest BCUT2D eigenvalue weighted by molar-refractivity contribution is 1.54. The number of rotatable bonds is 1. The Morgan fingerprint density at radius 1 is 1.43 bits per heavy atom. The molecule has 0 aromatic carbocycles. The van der Waals surface area contributed by atoms with E-state index in [0.717, 1.165) is 0 Å². The fraction of sp³-hybridized carbons (Fsp3) is 0.667. The van der Waals surface area contributed by atoms with Gasteiger partial charge in [-0.25, -0.2) is 0 Å². The molecule has 0 radical (unpaired) electrons. The van der Waals surface area contributed by atoms with Crippen LogP contribution in [-0.2, 0) is 0 Å². The van der Waals surface area contributed by atoms with Crippen molar-refractivity contribution >= 4 is 8.80 Å². The van der Waals surface area contributed by atoms with Crippen LogP contribution in [0.3, 0.4) is 0 Å². The summed E-state index contributed by atoms with van der Waals surface area (Å²) < 4.78 is 0. The van der Waals surface area contributed by atoms with E-state index in [4.69, 9.17) is 0 Å². The van der Waals surface area contributed by atoms with Gasteiger partial charge in [-0.3, -0.25) is 0 Å². The highest BCUT2D eigenvalue weighted by Crippen LogP contribution is 1.96. The molecule has 0 aromatic heterocycles. The molecule has 0 nitrogen and oxygen atoms in total. The van der Waals surface area contributed by atoms with E-state index in [0.29, 0.717) is 0 Å². The fourth-order valence-corrected chi connectivity index (χ4v) is 1.00. The Hall–Kier alpha value is -0.0431. The third kappa shape index (κ3) is 2.63. The molecule has 0 saturated heterocycles. The molecule has 42 valence electrons. The molecular formula is C6H14Si. The topological polar surface area (TPSA) is 0 Å². The fourth-order valence-electron chi connectivity index (χ4n) is 0.333. The molecule has 0 fully saturated rings. The van der Waals surface area contributed by atoms with Crippen LogP contribution in [0.5, 0.6) is 0 Å². The highest BCUT2D eigenvalue weighted by molar-refractivity contribution is 6.63. The van der Waals surface area contributed by atoms with Crippen molar-refractivity contribution < 1.29 is 0 Å². The lowest BCUT2D eigenvalue weighted by Crippen LogP contribution is -2.00. The predicted octanol–water partition coefficient (Wildman–Crippen LogP) is 1.98. The van der Waals surface area contributed by atoms with Crippen LogP contribution in [0.15, 0.2) is 11.3 Å². The van der Waals surface area contributed by atoms with Crippen LogP contribution in [0.25, 0.3) is 0 Å². The summed E-state index contributed by atoms with van der Waals surface area (Å²) in [6, 6.07) is 0. The van der Waals surface area contributed by atoms with Gasteiger partial charge in [-0.15, -0.1) is 0 Å². The second-order valence-electron chi connectivity index (χ2n) is 2.19. The zero-order valence-electron chi connectivity index (χ0n) is 5.65. The average Bonchev–Trinajstić information content (AvgIpc) is 1.65. The summed E-state index contributed by atoms with van der Waals surface area (Å²) in [5.41, 5.74) is 0. The molecule has 0 N–H and O–H groups in total. The third-order valence-corrected chi connectivity index (χ3v) is 3.52. The standard InChI is InChI=1S/C6H14Si/c1-5-6(2)7(3)4/h5,7H,1-4H3/b6-5-. The van der Waals surface area contributed by atoms with E-state index < -0.39 is 8.80 Å². The molecule has 7 heavy (non-hydrogen) atoms. The maximum atomic E-state index is 2.34. The number of allylic oxidation sites excluding steroid dienone is 2. The van der Waals surface area contributed by atoms with Crippen molar-refractivity contribution in [1.29, 1.82) is 0 Å². The molecule has 0 aliphatic rings. The van der Waals surface area contributed by atoms with Gasteiger partial charge in [0.1, 0.15) is 0 Å². The summed E-state index contributed by atoms with van der Waals surface area (Å²) in [6.45, 7) is 9.02. The molecule has 0 heterocycles. The van der Waals surface area contributed by atoms with Crippen LogP contribution in [0.1, 0.15) is 13.8 Å². The molecule has 0 amide bonds. The van der Waals surface area contributed by atoms with E-state index in [1.54, 1.807) is 5.20 Å². The molecule has 0 unspecified atom stereocenters. The second kappa shape index (κ2) is 3.02. The first kappa shape index (κ1) is 6.96. The number of hydrogen-bond donors (Lipinski definition) is 0. The first-order valence-electron chi connectivity index (χ1n) is 2.81. The molecule has 0 saturated carbocycles. The smallest absolute Gasteiger partial charge is 0.0587 e. The minimum Gasteiger partial charge on any atom is -0.0929 e. The molecule has 0 bridgehead atoms. The normalized spacial score (nSPS) is 13.0. The molecule has 0 spiro atoms. The van der Waals surface area contributed by atoms with Crippen LogP contribution in [0, 0.1) is 0 Å².